The van der Waals surface area contributed by atoms with Gasteiger partial charge in [-0.3, -0.25) is 14.6 Å². The Morgan fingerprint density at radius 1 is 0.818 bits per heavy atom. The molecule has 1 N–H and O–H groups in total. The molecule has 2 aromatic carbocycles. The van der Waals surface area contributed by atoms with E-state index in [9.17, 15) is 4.57 Å². The molecule has 0 saturated heterocycles. The quantitative estimate of drug-likeness (QED) is 0.737. The van der Waals surface area contributed by atoms with Crippen LogP contribution in [0.3, 0.4) is 0 Å². The summed E-state index contributed by atoms with van der Waals surface area (Å²) in [6.07, 6.45) is 3.52. The highest BCUT2D eigenvalue weighted by atomic mass is 31.2. The summed E-state index contributed by atoms with van der Waals surface area (Å²) in [4.78, 5) is 4.10. The molecule has 0 bridgehead atoms. The number of aromatic nitrogens is 1. The lowest BCUT2D eigenvalue weighted by Crippen LogP contribution is -2.27. The molecule has 0 aliphatic carbocycles. The minimum absolute atomic E-state index is 0.509. The highest BCUT2D eigenvalue weighted by molar-refractivity contribution is 7.76. The average Bonchev–Trinajstić information content (AvgIpc) is 2.62. The number of pyridine rings is 1. The van der Waals surface area contributed by atoms with E-state index in [-0.39, 0.29) is 0 Å². The summed E-state index contributed by atoms with van der Waals surface area (Å²) in [5.74, 6) is 0. The van der Waals surface area contributed by atoms with Crippen LogP contribution >= 0.6 is 7.29 Å². The SMILES string of the molecule is O=P(NCc1cccnc1)(c1ccccc1)c1ccccc1. The molecule has 22 heavy (non-hydrogen) atoms. The third kappa shape index (κ3) is 3.16. The van der Waals surface area contributed by atoms with Crippen molar-refractivity contribution in [3.05, 3.63) is 90.8 Å². The van der Waals surface area contributed by atoms with E-state index < -0.39 is 7.29 Å². The number of nitrogens with zero attached hydrogens (tertiary/aromatic N) is 1. The van der Waals surface area contributed by atoms with Crippen molar-refractivity contribution in [3.8, 4) is 0 Å². The maximum Gasteiger partial charge on any atom is 0.204 e. The van der Waals surface area contributed by atoms with E-state index >= 15 is 0 Å². The Labute approximate surface area is 130 Å². The highest BCUT2D eigenvalue weighted by Crippen LogP contribution is 2.38. The molecular weight excluding hydrogens is 291 g/mol. The first-order chi connectivity index (χ1) is 10.8. The lowest BCUT2D eigenvalue weighted by atomic mass is 10.3. The van der Waals surface area contributed by atoms with Crippen molar-refractivity contribution in [1.29, 1.82) is 0 Å². The van der Waals surface area contributed by atoms with Crippen LogP contribution in [0.1, 0.15) is 5.56 Å². The smallest absolute Gasteiger partial charge is 0.204 e. The second-order valence-electron chi connectivity index (χ2n) is 4.98. The molecule has 1 heterocycles. The van der Waals surface area contributed by atoms with Crippen molar-refractivity contribution in [1.82, 2.24) is 10.1 Å². The summed E-state index contributed by atoms with van der Waals surface area (Å²) < 4.78 is 13.7. The molecule has 4 heteroatoms. The van der Waals surface area contributed by atoms with Crippen LogP contribution in [0.15, 0.2) is 85.2 Å². The van der Waals surface area contributed by atoms with Gasteiger partial charge >= 0.3 is 0 Å². The van der Waals surface area contributed by atoms with Crippen LogP contribution in [0.2, 0.25) is 0 Å². The van der Waals surface area contributed by atoms with Crippen LogP contribution in [0, 0.1) is 0 Å². The Morgan fingerprint density at radius 2 is 1.41 bits per heavy atom. The molecule has 0 unspecified atom stereocenters. The second-order valence-corrected chi connectivity index (χ2v) is 7.54. The van der Waals surface area contributed by atoms with Gasteiger partial charge in [-0.05, 0) is 35.9 Å². The number of benzene rings is 2. The van der Waals surface area contributed by atoms with Gasteiger partial charge in [0, 0.05) is 29.5 Å². The first-order valence-electron chi connectivity index (χ1n) is 7.14. The van der Waals surface area contributed by atoms with Gasteiger partial charge < -0.3 is 0 Å². The molecule has 110 valence electrons. The predicted molar refractivity (Wildman–Crippen MR) is 90.8 cm³/mol. The zero-order valence-electron chi connectivity index (χ0n) is 12.1. The second kappa shape index (κ2) is 6.69. The Bertz CT molecular complexity index is 717. The minimum atomic E-state index is -2.87. The fourth-order valence-electron chi connectivity index (χ4n) is 2.31. The van der Waals surface area contributed by atoms with Crippen molar-refractivity contribution >= 4 is 17.9 Å². The molecule has 3 aromatic rings. The zero-order chi connectivity index (χ0) is 15.3. The minimum Gasteiger partial charge on any atom is -0.297 e. The average molecular weight is 308 g/mol. The Morgan fingerprint density at radius 3 is 1.91 bits per heavy atom. The van der Waals surface area contributed by atoms with E-state index in [2.05, 4.69) is 10.1 Å². The van der Waals surface area contributed by atoms with E-state index in [4.69, 9.17) is 0 Å². The fourth-order valence-corrected chi connectivity index (χ4v) is 4.57. The van der Waals surface area contributed by atoms with Crippen LogP contribution < -0.4 is 15.7 Å². The molecule has 0 aliphatic rings. The first kappa shape index (κ1) is 14.7. The van der Waals surface area contributed by atoms with Gasteiger partial charge in [0.2, 0.25) is 7.29 Å². The third-order valence-corrected chi connectivity index (χ3v) is 6.12. The molecule has 1 aromatic heterocycles. The summed E-state index contributed by atoms with van der Waals surface area (Å²) in [6.45, 7) is 0.509. The standard InChI is InChI=1S/C18H17N2OP/c21-22(17-9-3-1-4-10-17,18-11-5-2-6-12-18)20-15-16-8-7-13-19-14-16/h1-14H,15H2,(H,20,21). The van der Waals surface area contributed by atoms with Crippen LogP contribution in [-0.2, 0) is 11.1 Å². The maximum atomic E-state index is 13.7. The van der Waals surface area contributed by atoms with Gasteiger partial charge in [0.1, 0.15) is 0 Å². The first-order valence-corrected chi connectivity index (χ1v) is 8.85. The number of rotatable bonds is 5. The summed E-state index contributed by atoms with van der Waals surface area (Å²) in [7, 11) is -2.87. The van der Waals surface area contributed by atoms with Gasteiger partial charge in [0.05, 0.1) is 0 Å². The van der Waals surface area contributed by atoms with Crippen molar-refractivity contribution in [3.63, 3.8) is 0 Å². The van der Waals surface area contributed by atoms with Gasteiger partial charge in [-0.15, -0.1) is 0 Å². The molecule has 3 nitrogen and oxygen atoms in total. The van der Waals surface area contributed by atoms with Crippen LogP contribution in [0.4, 0.5) is 0 Å². The van der Waals surface area contributed by atoms with Gasteiger partial charge in [-0.1, -0.05) is 42.5 Å². The van der Waals surface area contributed by atoms with Crippen LogP contribution in [0.5, 0.6) is 0 Å². The molecular formula is C18H17N2OP. The Kier molecular flexibility index (Phi) is 4.47. The zero-order valence-corrected chi connectivity index (χ0v) is 13.0. The Hall–Kier alpha value is -2.22. The molecule has 0 saturated carbocycles. The van der Waals surface area contributed by atoms with Crippen molar-refractivity contribution in [2.45, 2.75) is 6.54 Å². The summed E-state index contributed by atoms with van der Waals surface area (Å²) in [5.41, 5.74) is 1.01. The van der Waals surface area contributed by atoms with Crippen LogP contribution in [0.25, 0.3) is 0 Å². The summed E-state index contributed by atoms with van der Waals surface area (Å²) in [5, 5.41) is 4.88. The third-order valence-electron chi connectivity index (χ3n) is 3.47. The number of hydrogen-bond acceptors (Lipinski definition) is 2. The Balaban J connectivity index is 1.95. The lowest BCUT2D eigenvalue weighted by molar-refractivity contribution is 0.578. The molecule has 0 atom stereocenters. The maximum absolute atomic E-state index is 13.7. The van der Waals surface area contributed by atoms with Crippen molar-refractivity contribution in [2.75, 3.05) is 0 Å². The normalized spacial score (nSPS) is 11.3. The fraction of sp³-hybridized carbons (Fsp3) is 0.0556. The monoisotopic (exact) mass is 308 g/mol. The molecule has 0 aliphatic heterocycles. The summed E-state index contributed by atoms with van der Waals surface area (Å²) >= 11 is 0. The molecule has 0 amide bonds. The number of hydrogen-bond donors (Lipinski definition) is 1. The largest absolute Gasteiger partial charge is 0.297 e. The van der Waals surface area contributed by atoms with Gasteiger partial charge in [-0.2, -0.15) is 0 Å². The lowest BCUT2D eigenvalue weighted by Gasteiger charge is -2.20. The summed E-state index contributed by atoms with van der Waals surface area (Å²) in [6, 6.07) is 23.0. The van der Waals surface area contributed by atoms with Crippen molar-refractivity contribution in [2.24, 2.45) is 0 Å². The van der Waals surface area contributed by atoms with Gasteiger partial charge in [0.25, 0.3) is 0 Å². The van der Waals surface area contributed by atoms with Crippen LogP contribution in [-0.4, -0.2) is 4.98 Å². The van der Waals surface area contributed by atoms with E-state index in [0.717, 1.165) is 16.2 Å². The highest BCUT2D eigenvalue weighted by Gasteiger charge is 2.26. The van der Waals surface area contributed by atoms with E-state index in [1.807, 2.05) is 72.8 Å². The predicted octanol–water partition coefficient (Wildman–Crippen LogP) is 3.10. The van der Waals surface area contributed by atoms with Gasteiger partial charge in [0.15, 0.2) is 0 Å². The molecule has 0 fully saturated rings. The van der Waals surface area contributed by atoms with Gasteiger partial charge in [-0.25, -0.2) is 0 Å². The topological polar surface area (TPSA) is 42.0 Å². The molecule has 0 radical (unpaired) electrons. The van der Waals surface area contributed by atoms with E-state index in [1.54, 1.807) is 12.4 Å². The number of nitrogens with one attached hydrogen (secondary N) is 1. The molecule has 3 rings (SSSR count). The van der Waals surface area contributed by atoms with E-state index in [1.165, 1.54) is 0 Å². The van der Waals surface area contributed by atoms with Crippen molar-refractivity contribution < 1.29 is 4.57 Å². The van der Waals surface area contributed by atoms with E-state index in [0.29, 0.717) is 6.54 Å². The molecule has 0 spiro atoms.